The number of alkyl halides is 2. The second-order valence-corrected chi connectivity index (χ2v) is 7.78. The number of pyridine rings is 1. The third-order valence-electron chi connectivity index (χ3n) is 4.97. The summed E-state index contributed by atoms with van der Waals surface area (Å²) in [6.07, 6.45) is 1.13. The van der Waals surface area contributed by atoms with Crippen molar-refractivity contribution in [2.75, 3.05) is 18.0 Å². The van der Waals surface area contributed by atoms with E-state index in [4.69, 9.17) is 35.5 Å². The number of hydrogen-bond donors (Lipinski definition) is 1. The van der Waals surface area contributed by atoms with Crippen LogP contribution < -0.4 is 10.6 Å². The number of piperidine rings is 1. The number of aromatic nitrogens is 3. The van der Waals surface area contributed by atoms with E-state index >= 15 is 0 Å². The molecule has 1 fully saturated rings. The maximum atomic E-state index is 13.9. The summed E-state index contributed by atoms with van der Waals surface area (Å²) < 4.78 is 29.6. The average Bonchev–Trinajstić information content (AvgIpc) is 3.03. The molecule has 0 bridgehead atoms. The standard InChI is InChI=1S/C19H16Cl2F2N6/c1-25-12-2-3-13(26-8-12)9-29-15-7-11(20)6-14(21)17(15)27-18(29)28-5-4-19(22,23)16(24)10-28/h2-3,6-8,16H,4-5,9-10,24H2/t16-/m1/s1. The van der Waals surface area contributed by atoms with Gasteiger partial charge in [-0.3, -0.25) is 4.98 Å². The Morgan fingerprint density at radius 3 is 2.76 bits per heavy atom. The van der Waals surface area contributed by atoms with E-state index in [-0.39, 0.29) is 19.5 Å². The van der Waals surface area contributed by atoms with E-state index in [2.05, 4.69) is 14.8 Å². The number of nitrogens with two attached hydrogens (primary N) is 1. The summed E-state index contributed by atoms with van der Waals surface area (Å²) in [6, 6.07) is 5.44. The fourth-order valence-corrected chi connectivity index (χ4v) is 3.91. The lowest BCUT2D eigenvalue weighted by molar-refractivity contribution is -0.0395. The highest BCUT2D eigenvalue weighted by molar-refractivity contribution is 6.38. The van der Waals surface area contributed by atoms with E-state index < -0.39 is 12.0 Å². The third kappa shape index (κ3) is 3.73. The minimum Gasteiger partial charge on any atom is -0.340 e. The van der Waals surface area contributed by atoms with Crippen LogP contribution in [0.4, 0.5) is 20.4 Å². The van der Waals surface area contributed by atoms with Crippen LogP contribution in [0.25, 0.3) is 15.9 Å². The Bertz CT molecular complexity index is 1110. The summed E-state index contributed by atoms with van der Waals surface area (Å²) in [5.41, 5.74) is 8.01. The van der Waals surface area contributed by atoms with E-state index in [1.165, 1.54) is 6.20 Å². The van der Waals surface area contributed by atoms with Crippen LogP contribution >= 0.6 is 23.2 Å². The van der Waals surface area contributed by atoms with Gasteiger partial charge in [0, 0.05) is 30.7 Å². The first-order chi connectivity index (χ1) is 13.8. The van der Waals surface area contributed by atoms with E-state index in [0.717, 1.165) is 0 Å². The zero-order valence-corrected chi connectivity index (χ0v) is 16.6. The number of rotatable bonds is 3. The topological polar surface area (TPSA) is 64.3 Å². The van der Waals surface area contributed by atoms with Gasteiger partial charge in [0.25, 0.3) is 5.92 Å². The van der Waals surface area contributed by atoms with Gasteiger partial charge < -0.3 is 15.2 Å². The highest BCUT2D eigenvalue weighted by atomic mass is 35.5. The lowest BCUT2D eigenvalue weighted by Crippen LogP contribution is -2.55. The van der Waals surface area contributed by atoms with Crippen molar-refractivity contribution in [3.8, 4) is 0 Å². The predicted molar refractivity (Wildman–Crippen MR) is 109 cm³/mol. The molecule has 10 heteroatoms. The van der Waals surface area contributed by atoms with Gasteiger partial charge in [-0.15, -0.1) is 0 Å². The van der Waals surface area contributed by atoms with Crippen molar-refractivity contribution in [3.05, 3.63) is 57.6 Å². The Morgan fingerprint density at radius 1 is 1.31 bits per heavy atom. The molecule has 3 aromatic rings. The van der Waals surface area contributed by atoms with E-state index in [1.54, 1.807) is 29.2 Å². The molecule has 29 heavy (non-hydrogen) atoms. The zero-order valence-electron chi connectivity index (χ0n) is 15.1. The number of benzene rings is 1. The maximum Gasteiger partial charge on any atom is 0.266 e. The van der Waals surface area contributed by atoms with Crippen molar-refractivity contribution in [1.29, 1.82) is 0 Å². The van der Waals surface area contributed by atoms with Gasteiger partial charge in [-0.2, -0.15) is 0 Å². The van der Waals surface area contributed by atoms with Crippen LogP contribution in [0.3, 0.4) is 0 Å². The molecule has 0 aliphatic carbocycles. The number of hydrogen-bond acceptors (Lipinski definition) is 4. The van der Waals surface area contributed by atoms with Crippen LogP contribution in [-0.2, 0) is 6.54 Å². The first-order valence-corrected chi connectivity index (χ1v) is 9.60. The molecule has 0 amide bonds. The SMILES string of the molecule is [C-]#[N+]c1ccc(Cn2c(N3CCC(F)(F)[C@H](N)C3)nc3c(Cl)cc(Cl)cc32)nc1. The summed E-state index contributed by atoms with van der Waals surface area (Å²) in [5.74, 6) is -2.43. The summed E-state index contributed by atoms with van der Waals surface area (Å²) in [6.45, 7) is 7.43. The average molecular weight is 437 g/mol. The third-order valence-corrected chi connectivity index (χ3v) is 5.47. The molecule has 4 rings (SSSR count). The fraction of sp³-hybridized carbons (Fsp3) is 0.316. The molecular weight excluding hydrogens is 421 g/mol. The van der Waals surface area contributed by atoms with Crippen LogP contribution in [-0.4, -0.2) is 39.6 Å². The Kier molecular flexibility index (Phi) is 5.07. The van der Waals surface area contributed by atoms with Crippen LogP contribution in [0.2, 0.25) is 10.0 Å². The molecule has 1 aromatic carbocycles. The minimum absolute atomic E-state index is 0.0359. The summed E-state index contributed by atoms with van der Waals surface area (Å²) in [5, 5.41) is 0.809. The quantitative estimate of drug-likeness (QED) is 0.613. The van der Waals surface area contributed by atoms with Gasteiger partial charge in [-0.05, 0) is 18.2 Å². The summed E-state index contributed by atoms with van der Waals surface area (Å²) in [4.78, 5) is 14.0. The molecule has 2 aromatic heterocycles. The van der Waals surface area contributed by atoms with Gasteiger partial charge in [0.1, 0.15) is 5.52 Å². The van der Waals surface area contributed by atoms with Crippen LogP contribution in [0.5, 0.6) is 0 Å². The second-order valence-electron chi connectivity index (χ2n) is 6.94. The number of fused-ring (bicyclic) bond motifs is 1. The van der Waals surface area contributed by atoms with Crippen molar-refractivity contribution < 1.29 is 8.78 Å². The number of halogens is 4. The van der Waals surface area contributed by atoms with Crippen LogP contribution in [0.1, 0.15) is 12.1 Å². The fourth-order valence-electron chi connectivity index (χ4n) is 3.39. The zero-order chi connectivity index (χ0) is 20.8. The lowest BCUT2D eigenvalue weighted by atomic mass is 10.0. The summed E-state index contributed by atoms with van der Waals surface area (Å²) in [7, 11) is 0. The Labute approximate surface area is 175 Å². The highest BCUT2D eigenvalue weighted by Crippen LogP contribution is 2.35. The van der Waals surface area contributed by atoms with Gasteiger partial charge in [-0.1, -0.05) is 29.3 Å². The molecule has 1 saturated heterocycles. The molecule has 6 nitrogen and oxygen atoms in total. The number of anilines is 1. The first-order valence-electron chi connectivity index (χ1n) is 8.84. The number of nitrogens with zero attached hydrogens (tertiary/aromatic N) is 5. The van der Waals surface area contributed by atoms with Crippen molar-refractivity contribution in [1.82, 2.24) is 14.5 Å². The largest absolute Gasteiger partial charge is 0.340 e. The van der Waals surface area contributed by atoms with Gasteiger partial charge in [0.05, 0.1) is 35.4 Å². The minimum atomic E-state index is -2.91. The lowest BCUT2D eigenvalue weighted by Gasteiger charge is -2.37. The highest BCUT2D eigenvalue weighted by Gasteiger charge is 2.42. The first kappa shape index (κ1) is 19.8. The molecule has 0 unspecified atom stereocenters. The molecule has 0 radical (unpaired) electrons. The molecule has 1 aliphatic rings. The van der Waals surface area contributed by atoms with E-state index in [1.807, 2.05) is 4.57 Å². The molecule has 1 aliphatic heterocycles. The molecule has 0 saturated carbocycles. The Morgan fingerprint density at radius 2 is 2.10 bits per heavy atom. The maximum absolute atomic E-state index is 13.9. The smallest absolute Gasteiger partial charge is 0.266 e. The van der Waals surface area contributed by atoms with E-state index in [9.17, 15) is 8.78 Å². The van der Waals surface area contributed by atoms with Gasteiger partial charge in [0.15, 0.2) is 0 Å². The molecular formula is C19H16Cl2F2N6. The molecule has 150 valence electrons. The van der Waals surface area contributed by atoms with Gasteiger partial charge in [0.2, 0.25) is 11.6 Å². The normalized spacial score (nSPS) is 18.8. The monoisotopic (exact) mass is 436 g/mol. The molecule has 0 spiro atoms. The second kappa shape index (κ2) is 7.41. The van der Waals surface area contributed by atoms with Gasteiger partial charge in [-0.25, -0.2) is 18.6 Å². The Hall–Kier alpha value is -2.47. The van der Waals surface area contributed by atoms with Crippen molar-refractivity contribution in [2.24, 2.45) is 5.73 Å². The van der Waals surface area contributed by atoms with Crippen LogP contribution in [0, 0.1) is 6.57 Å². The molecule has 2 N–H and O–H groups in total. The van der Waals surface area contributed by atoms with Crippen molar-refractivity contribution in [2.45, 2.75) is 24.9 Å². The van der Waals surface area contributed by atoms with Crippen LogP contribution in [0.15, 0.2) is 30.5 Å². The van der Waals surface area contributed by atoms with Crippen molar-refractivity contribution >= 4 is 45.9 Å². The number of imidazole rings is 1. The van der Waals surface area contributed by atoms with E-state index in [0.29, 0.717) is 45.0 Å². The molecule has 3 heterocycles. The Balaban J connectivity index is 1.80. The van der Waals surface area contributed by atoms with Crippen molar-refractivity contribution in [3.63, 3.8) is 0 Å². The predicted octanol–water partition coefficient (Wildman–Crippen LogP) is 4.51. The van der Waals surface area contributed by atoms with Gasteiger partial charge >= 0.3 is 0 Å². The summed E-state index contributed by atoms with van der Waals surface area (Å²) >= 11 is 12.5. The molecule has 1 atom stereocenters.